The molecule has 3 heterocycles. The average Bonchev–Trinajstić information content (AvgIpc) is 3.22. The Hall–Kier alpha value is -2.11. The zero-order valence-electron chi connectivity index (χ0n) is 11.8. The van der Waals surface area contributed by atoms with Gasteiger partial charge in [-0.25, -0.2) is 0 Å². The third kappa shape index (κ3) is 2.32. The number of pyridine rings is 1. The number of benzene rings is 1. The van der Waals surface area contributed by atoms with Gasteiger partial charge in [-0.2, -0.15) is 0 Å². The van der Waals surface area contributed by atoms with E-state index in [0.717, 1.165) is 22.2 Å². The maximum atomic E-state index is 12.8. The van der Waals surface area contributed by atoms with Crippen molar-refractivity contribution in [1.82, 2.24) is 14.9 Å². The number of aromatic nitrogens is 2. The normalized spacial score (nSPS) is 21.3. The minimum Gasteiger partial charge on any atom is -0.290 e. The molecule has 0 radical (unpaired) electrons. The second kappa shape index (κ2) is 5.59. The molecule has 0 unspecified atom stereocenters. The molecule has 2 aromatic heterocycles. The predicted molar refractivity (Wildman–Crippen MR) is 88.9 cm³/mol. The minimum atomic E-state index is -0.175. The second-order valence-corrected chi connectivity index (χ2v) is 6.44. The van der Waals surface area contributed by atoms with Crippen LogP contribution >= 0.6 is 11.8 Å². The number of nitrogens with one attached hydrogen (secondary N) is 1. The molecular weight excluding hydrogens is 294 g/mol. The Bertz CT molecular complexity index is 815. The Balaban J connectivity index is 1.57. The van der Waals surface area contributed by atoms with Crippen LogP contribution in [0.15, 0.2) is 61.1 Å². The van der Waals surface area contributed by atoms with E-state index in [0.29, 0.717) is 0 Å². The zero-order valence-corrected chi connectivity index (χ0v) is 12.7. The third-order valence-corrected chi connectivity index (χ3v) is 5.17. The third-order valence-electron chi connectivity index (χ3n) is 3.90. The topological polar surface area (TPSA) is 46.9 Å². The summed E-state index contributed by atoms with van der Waals surface area (Å²) in [6.45, 7) is 0. The first-order chi connectivity index (χ1) is 10.8. The molecule has 110 valence electrons. The molecule has 1 aromatic carbocycles. The zero-order chi connectivity index (χ0) is 14.9. The van der Waals surface area contributed by atoms with Crippen LogP contribution in [0.25, 0.3) is 10.9 Å². The maximum Gasteiger partial charge on any atom is 0.249 e. The first kappa shape index (κ1) is 13.5. The van der Waals surface area contributed by atoms with E-state index in [1.165, 1.54) is 0 Å². The first-order valence-electron chi connectivity index (χ1n) is 7.21. The van der Waals surface area contributed by atoms with E-state index in [9.17, 15) is 4.79 Å². The molecule has 0 saturated carbocycles. The van der Waals surface area contributed by atoms with Crippen molar-refractivity contribution in [1.29, 1.82) is 0 Å². The summed E-state index contributed by atoms with van der Waals surface area (Å²) >= 11 is 1.75. The fourth-order valence-corrected chi connectivity index (χ4v) is 4.00. The molecule has 2 atom stereocenters. The smallest absolute Gasteiger partial charge is 0.249 e. The molecule has 3 aromatic rings. The monoisotopic (exact) mass is 309 g/mol. The molecule has 4 nitrogen and oxygen atoms in total. The lowest BCUT2D eigenvalue weighted by atomic mass is 10.2. The molecule has 0 amide bonds. The lowest BCUT2D eigenvalue weighted by Crippen LogP contribution is -2.37. The lowest BCUT2D eigenvalue weighted by molar-refractivity contribution is 0.0879. The van der Waals surface area contributed by atoms with Crippen LogP contribution in [0.2, 0.25) is 0 Å². The Labute approximate surface area is 132 Å². The summed E-state index contributed by atoms with van der Waals surface area (Å²) in [6, 6.07) is 13.7. The van der Waals surface area contributed by atoms with Gasteiger partial charge in [0.25, 0.3) is 0 Å². The quantitative estimate of drug-likeness (QED) is 0.790. The van der Waals surface area contributed by atoms with Crippen molar-refractivity contribution in [2.75, 3.05) is 5.75 Å². The van der Waals surface area contributed by atoms with Gasteiger partial charge in [-0.1, -0.05) is 24.3 Å². The minimum absolute atomic E-state index is 0.0973. The standard InChI is InChI=1S/C17H15N3OS/c21-17(20-9-7-12-4-1-2-6-15(12)20)14-11-22-16(19-14)13-5-3-8-18-10-13/h1-10,14,16,19H,11H2/t14-,16-/m0/s1. The van der Waals surface area contributed by atoms with Crippen molar-refractivity contribution in [3.05, 3.63) is 66.6 Å². The summed E-state index contributed by atoms with van der Waals surface area (Å²) in [5.74, 6) is 0.866. The van der Waals surface area contributed by atoms with Crippen LogP contribution in [0, 0.1) is 0 Å². The summed E-state index contributed by atoms with van der Waals surface area (Å²) in [7, 11) is 0. The van der Waals surface area contributed by atoms with E-state index in [2.05, 4.69) is 10.3 Å². The average molecular weight is 309 g/mol. The van der Waals surface area contributed by atoms with E-state index < -0.39 is 0 Å². The van der Waals surface area contributed by atoms with Gasteiger partial charge < -0.3 is 0 Å². The highest BCUT2D eigenvalue weighted by Crippen LogP contribution is 2.33. The van der Waals surface area contributed by atoms with E-state index in [1.807, 2.05) is 54.9 Å². The van der Waals surface area contributed by atoms with Crippen LogP contribution in [0.4, 0.5) is 0 Å². The van der Waals surface area contributed by atoms with Crippen LogP contribution in [-0.2, 0) is 0 Å². The molecule has 5 heteroatoms. The number of hydrogen-bond donors (Lipinski definition) is 1. The van der Waals surface area contributed by atoms with Crippen molar-refractivity contribution in [3.63, 3.8) is 0 Å². The van der Waals surface area contributed by atoms with E-state index in [1.54, 1.807) is 22.5 Å². The molecule has 0 bridgehead atoms. The van der Waals surface area contributed by atoms with Crippen LogP contribution in [0.1, 0.15) is 15.7 Å². The van der Waals surface area contributed by atoms with Crippen molar-refractivity contribution in [2.45, 2.75) is 11.4 Å². The van der Waals surface area contributed by atoms with Crippen molar-refractivity contribution >= 4 is 28.6 Å². The van der Waals surface area contributed by atoms with Gasteiger partial charge in [0.2, 0.25) is 5.91 Å². The Morgan fingerprint density at radius 3 is 3.00 bits per heavy atom. The summed E-state index contributed by atoms with van der Waals surface area (Å²) in [6.07, 6.45) is 5.47. The second-order valence-electron chi connectivity index (χ2n) is 5.30. The molecule has 1 N–H and O–H groups in total. The highest BCUT2D eigenvalue weighted by Gasteiger charge is 2.31. The van der Waals surface area contributed by atoms with Crippen LogP contribution in [0.3, 0.4) is 0 Å². The molecule has 4 rings (SSSR count). The Kier molecular flexibility index (Phi) is 3.44. The van der Waals surface area contributed by atoms with Crippen molar-refractivity contribution < 1.29 is 4.79 Å². The highest BCUT2D eigenvalue weighted by molar-refractivity contribution is 7.99. The first-order valence-corrected chi connectivity index (χ1v) is 8.26. The van der Waals surface area contributed by atoms with Crippen molar-refractivity contribution in [2.24, 2.45) is 0 Å². The SMILES string of the molecule is O=C([C@@H]1CS[C@@H](c2cccnc2)N1)n1ccc2ccccc21. The molecule has 1 fully saturated rings. The summed E-state index contributed by atoms with van der Waals surface area (Å²) < 4.78 is 1.75. The summed E-state index contributed by atoms with van der Waals surface area (Å²) in [5, 5.41) is 4.63. The molecule has 1 aliphatic rings. The van der Waals surface area contributed by atoms with Gasteiger partial charge in [0.15, 0.2) is 0 Å². The van der Waals surface area contributed by atoms with Crippen molar-refractivity contribution in [3.8, 4) is 0 Å². The van der Waals surface area contributed by atoms with Gasteiger partial charge in [0.05, 0.1) is 16.9 Å². The van der Waals surface area contributed by atoms with E-state index in [-0.39, 0.29) is 17.3 Å². The van der Waals surface area contributed by atoms with Gasteiger partial charge in [0, 0.05) is 29.7 Å². The van der Waals surface area contributed by atoms with Gasteiger partial charge in [0.1, 0.15) is 0 Å². The number of nitrogens with zero attached hydrogens (tertiary/aromatic N) is 2. The number of thioether (sulfide) groups is 1. The number of carbonyl (C=O) groups excluding carboxylic acids is 1. The Morgan fingerprint density at radius 1 is 1.23 bits per heavy atom. The number of fused-ring (bicyclic) bond motifs is 1. The van der Waals surface area contributed by atoms with E-state index >= 15 is 0 Å². The number of rotatable bonds is 2. The fraction of sp³-hybridized carbons (Fsp3) is 0.176. The molecule has 1 aliphatic heterocycles. The molecule has 0 spiro atoms. The molecule has 22 heavy (non-hydrogen) atoms. The number of para-hydroxylation sites is 1. The van der Waals surface area contributed by atoms with Gasteiger partial charge >= 0.3 is 0 Å². The van der Waals surface area contributed by atoms with E-state index in [4.69, 9.17) is 0 Å². The fourth-order valence-electron chi connectivity index (χ4n) is 2.78. The van der Waals surface area contributed by atoms with Gasteiger partial charge in [-0.05, 0) is 23.8 Å². The van der Waals surface area contributed by atoms with Gasteiger partial charge in [-0.3, -0.25) is 19.7 Å². The Morgan fingerprint density at radius 2 is 2.14 bits per heavy atom. The largest absolute Gasteiger partial charge is 0.290 e. The predicted octanol–water partition coefficient (Wildman–Crippen LogP) is 3.08. The maximum absolute atomic E-state index is 12.8. The van der Waals surface area contributed by atoms with Crippen LogP contribution < -0.4 is 5.32 Å². The van der Waals surface area contributed by atoms with Crippen LogP contribution in [0.5, 0.6) is 0 Å². The number of hydrogen-bond acceptors (Lipinski definition) is 4. The lowest BCUT2D eigenvalue weighted by Gasteiger charge is -2.13. The molecule has 1 saturated heterocycles. The molecule has 0 aliphatic carbocycles. The highest BCUT2D eigenvalue weighted by atomic mass is 32.2. The summed E-state index contributed by atoms with van der Waals surface area (Å²) in [5.41, 5.74) is 2.07. The number of carbonyl (C=O) groups is 1. The van der Waals surface area contributed by atoms with Gasteiger partial charge in [-0.15, -0.1) is 11.8 Å². The van der Waals surface area contributed by atoms with Crippen LogP contribution in [-0.4, -0.2) is 27.3 Å². The summed E-state index contributed by atoms with van der Waals surface area (Å²) in [4.78, 5) is 16.9. The molecular formula is C17H15N3OS.